The summed E-state index contributed by atoms with van der Waals surface area (Å²) in [5.41, 5.74) is 6.57. The first kappa shape index (κ1) is 19.3. The Kier molecular flexibility index (Phi) is 5.41. The quantitative estimate of drug-likeness (QED) is 0.725. The third-order valence-electron chi connectivity index (χ3n) is 4.61. The van der Waals surface area contributed by atoms with Crippen molar-refractivity contribution in [1.82, 2.24) is 9.80 Å². The fraction of sp³-hybridized carbons (Fsp3) is 0.250. The number of carbonyl (C=O) groups excluding carboxylic acids is 3. The van der Waals surface area contributed by atoms with Crippen LogP contribution in [0, 0.1) is 0 Å². The molecule has 2 aromatic rings. The first-order valence-corrected chi connectivity index (χ1v) is 9.90. The van der Waals surface area contributed by atoms with Crippen LogP contribution in [0.15, 0.2) is 48.5 Å². The maximum Gasteiger partial charge on any atom is 0.291 e. The molecule has 0 aromatic heterocycles. The molecule has 1 fully saturated rings. The van der Waals surface area contributed by atoms with E-state index in [4.69, 9.17) is 15.2 Å². The number of nitrogens with two attached hydrogens (primary N) is 1. The number of thioether (sulfide) groups is 1. The molecule has 2 aromatic carbocycles. The highest BCUT2D eigenvalue weighted by Gasteiger charge is 2.40. The molecule has 4 rings (SSSR count). The predicted molar refractivity (Wildman–Crippen MR) is 107 cm³/mol. The maximum atomic E-state index is 12.6. The standard InChI is InChI=1S/C20H19N3O5S/c21-14-6-7-16-15(10-14)17(24)22(12-28-16)8-9-27-19-18(25)23(20(26)29-19)11-13-4-2-1-3-5-13/h1-7,10,19H,8-9,11-12,21H2. The zero-order chi connectivity index (χ0) is 20.4. The van der Waals surface area contributed by atoms with Gasteiger partial charge in [0.05, 0.1) is 18.7 Å². The Morgan fingerprint density at radius 3 is 2.72 bits per heavy atom. The van der Waals surface area contributed by atoms with E-state index in [1.54, 1.807) is 18.2 Å². The highest BCUT2D eigenvalue weighted by atomic mass is 32.2. The third-order valence-corrected chi connectivity index (χ3v) is 5.58. The molecule has 2 aliphatic heterocycles. The molecule has 1 saturated heterocycles. The summed E-state index contributed by atoms with van der Waals surface area (Å²) in [5, 5.41) is -0.342. The summed E-state index contributed by atoms with van der Waals surface area (Å²) in [6.07, 6.45) is 0. The molecule has 3 amide bonds. The van der Waals surface area contributed by atoms with Gasteiger partial charge in [-0.1, -0.05) is 30.3 Å². The number of benzene rings is 2. The van der Waals surface area contributed by atoms with Crippen molar-refractivity contribution in [2.75, 3.05) is 25.6 Å². The number of amides is 3. The molecule has 0 radical (unpaired) electrons. The molecule has 1 unspecified atom stereocenters. The van der Waals surface area contributed by atoms with Crippen molar-refractivity contribution in [1.29, 1.82) is 0 Å². The highest BCUT2D eigenvalue weighted by Crippen LogP contribution is 2.30. The van der Waals surface area contributed by atoms with Gasteiger partial charge in [-0.2, -0.15) is 0 Å². The molecule has 29 heavy (non-hydrogen) atoms. The van der Waals surface area contributed by atoms with Crippen LogP contribution in [0.1, 0.15) is 15.9 Å². The summed E-state index contributed by atoms with van der Waals surface area (Å²) in [6, 6.07) is 14.2. The summed E-state index contributed by atoms with van der Waals surface area (Å²) in [6.45, 7) is 0.624. The van der Waals surface area contributed by atoms with Gasteiger partial charge in [-0.05, 0) is 35.5 Å². The van der Waals surface area contributed by atoms with E-state index >= 15 is 0 Å². The second-order valence-electron chi connectivity index (χ2n) is 6.59. The number of imide groups is 1. The van der Waals surface area contributed by atoms with Crippen molar-refractivity contribution in [3.05, 3.63) is 59.7 Å². The van der Waals surface area contributed by atoms with Crippen LogP contribution < -0.4 is 10.5 Å². The maximum absolute atomic E-state index is 12.6. The smallest absolute Gasteiger partial charge is 0.291 e. The minimum absolute atomic E-state index is 0.0872. The van der Waals surface area contributed by atoms with E-state index in [9.17, 15) is 14.4 Å². The number of hydrogen-bond donors (Lipinski definition) is 1. The SMILES string of the molecule is Nc1ccc2c(c1)C(=O)N(CCOC1SC(=O)N(Cc3ccccc3)C1=O)CO2. The summed E-state index contributed by atoms with van der Waals surface area (Å²) < 4.78 is 11.2. The minimum Gasteiger partial charge on any atom is -0.472 e. The molecular weight excluding hydrogens is 394 g/mol. The lowest BCUT2D eigenvalue weighted by atomic mass is 10.1. The minimum atomic E-state index is -0.907. The predicted octanol–water partition coefficient (Wildman–Crippen LogP) is 2.30. The van der Waals surface area contributed by atoms with Crippen molar-refractivity contribution in [2.45, 2.75) is 12.0 Å². The Hall–Kier alpha value is -3.04. The van der Waals surface area contributed by atoms with E-state index in [1.165, 1.54) is 9.80 Å². The number of nitrogens with zero attached hydrogens (tertiary/aromatic N) is 2. The van der Waals surface area contributed by atoms with Crippen LogP contribution in [0.25, 0.3) is 0 Å². The van der Waals surface area contributed by atoms with Crippen molar-refractivity contribution >= 4 is 34.5 Å². The van der Waals surface area contributed by atoms with Gasteiger partial charge in [0.1, 0.15) is 5.75 Å². The fourth-order valence-electron chi connectivity index (χ4n) is 3.09. The number of anilines is 1. The molecule has 0 bridgehead atoms. The van der Waals surface area contributed by atoms with Gasteiger partial charge in [0.2, 0.25) is 0 Å². The van der Waals surface area contributed by atoms with Gasteiger partial charge in [-0.25, -0.2) is 0 Å². The van der Waals surface area contributed by atoms with E-state index < -0.39 is 5.44 Å². The van der Waals surface area contributed by atoms with Crippen molar-refractivity contribution in [2.24, 2.45) is 0 Å². The molecule has 2 aliphatic rings. The summed E-state index contributed by atoms with van der Waals surface area (Å²) >= 11 is 0.843. The number of carbonyl (C=O) groups is 3. The Morgan fingerprint density at radius 2 is 1.93 bits per heavy atom. The van der Waals surface area contributed by atoms with Gasteiger partial charge < -0.3 is 20.1 Å². The normalized spacial score (nSPS) is 18.8. The van der Waals surface area contributed by atoms with Crippen LogP contribution >= 0.6 is 11.8 Å². The summed E-state index contributed by atoms with van der Waals surface area (Å²) in [4.78, 5) is 39.9. The zero-order valence-corrected chi connectivity index (χ0v) is 16.3. The monoisotopic (exact) mass is 413 g/mol. The van der Waals surface area contributed by atoms with Crippen molar-refractivity contribution < 1.29 is 23.9 Å². The van der Waals surface area contributed by atoms with Crippen LogP contribution in [-0.2, 0) is 16.1 Å². The van der Waals surface area contributed by atoms with Gasteiger partial charge in [0, 0.05) is 12.2 Å². The third kappa shape index (κ3) is 4.06. The van der Waals surface area contributed by atoms with Gasteiger partial charge >= 0.3 is 0 Å². The first-order valence-electron chi connectivity index (χ1n) is 9.02. The Labute approximate surface area is 171 Å². The molecule has 150 valence electrons. The van der Waals surface area contributed by atoms with Crippen LogP contribution in [-0.4, -0.2) is 52.2 Å². The number of rotatable bonds is 6. The second kappa shape index (κ2) is 8.14. The summed E-state index contributed by atoms with van der Waals surface area (Å²) in [5.74, 6) is -0.109. The lowest BCUT2D eigenvalue weighted by Crippen LogP contribution is -2.41. The van der Waals surface area contributed by atoms with Gasteiger partial charge in [0.25, 0.3) is 17.1 Å². The largest absolute Gasteiger partial charge is 0.472 e. The lowest BCUT2D eigenvalue weighted by molar-refractivity contribution is -0.134. The average Bonchev–Trinajstić information content (AvgIpc) is 2.98. The van der Waals surface area contributed by atoms with Crippen LogP contribution in [0.2, 0.25) is 0 Å². The molecule has 9 heteroatoms. The average molecular weight is 413 g/mol. The van der Waals surface area contributed by atoms with E-state index in [0.717, 1.165) is 17.3 Å². The topological polar surface area (TPSA) is 102 Å². The van der Waals surface area contributed by atoms with Crippen molar-refractivity contribution in [3.63, 3.8) is 0 Å². The second-order valence-corrected chi connectivity index (χ2v) is 7.61. The van der Waals surface area contributed by atoms with Crippen molar-refractivity contribution in [3.8, 4) is 5.75 Å². The Morgan fingerprint density at radius 1 is 1.14 bits per heavy atom. The highest BCUT2D eigenvalue weighted by molar-refractivity contribution is 8.15. The van der Waals surface area contributed by atoms with E-state index in [-0.39, 0.29) is 43.5 Å². The van der Waals surface area contributed by atoms with Crippen LogP contribution in [0.3, 0.4) is 0 Å². The first-order chi connectivity index (χ1) is 14.0. The van der Waals surface area contributed by atoms with Crippen LogP contribution in [0.5, 0.6) is 5.75 Å². The molecule has 0 spiro atoms. The molecule has 1 atom stereocenters. The summed E-state index contributed by atoms with van der Waals surface area (Å²) in [7, 11) is 0. The number of hydrogen-bond acceptors (Lipinski definition) is 7. The van der Waals surface area contributed by atoms with Gasteiger partial charge in [-0.15, -0.1) is 0 Å². The van der Waals surface area contributed by atoms with Gasteiger partial charge in [0.15, 0.2) is 12.2 Å². The van der Waals surface area contributed by atoms with E-state index in [0.29, 0.717) is 17.0 Å². The zero-order valence-electron chi connectivity index (χ0n) is 15.4. The molecule has 8 nitrogen and oxygen atoms in total. The fourth-order valence-corrected chi connectivity index (χ4v) is 3.95. The Balaban J connectivity index is 1.31. The van der Waals surface area contributed by atoms with Crippen LogP contribution in [0.4, 0.5) is 10.5 Å². The number of nitrogen functional groups attached to an aromatic ring is 1. The molecule has 2 N–H and O–H groups in total. The number of fused-ring (bicyclic) bond motifs is 1. The number of ether oxygens (including phenoxy) is 2. The van der Waals surface area contributed by atoms with E-state index in [1.807, 2.05) is 30.3 Å². The van der Waals surface area contributed by atoms with Gasteiger partial charge in [-0.3, -0.25) is 19.3 Å². The molecule has 0 saturated carbocycles. The molecule has 0 aliphatic carbocycles. The molecule has 2 heterocycles. The Bertz CT molecular complexity index is 952. The van der Waals surface area contributed by atoms with E-state index in [2.05, 4.69) is 0 Å². The molecular formula is C20H19N3O5S. The lowest BCUT2D eigenvalue weighted by Gasteiger charge is -2.29.